The number of hydrogen-bond acceptors (Lipinski definition) is 2. The summed E-state index contributed by atoms with van der Waals surface area (Å²) in [5, 5.41) is 0. The fraction of sp³-hybridized carbons (Fsp3) is 0.400. The van der Waals surface area contributed by atoms with Gasteiger partial charge in [0.2, 0.25) is 0 Å². The predicted molar refractivity (Wildman–Crippen MR) is 37.1 cm³/mol. The molecule has 0 amide bonds. The van der Waals surface area contributed by atoms with Crippen molar-refractivity contribution in [2.75, 3.05) is 13.3 Å². The lowest BCUT2D eigenvalue weighted by Crippen LogP contribution is -1.70. The Kier molecular flexibility index (Phi) is 3.80. The number of thioether (sulfide) groups is 1. The van der Waals surface area contributed by atoms with Crippen LogP contribution in [0.15, 0.2) is 16.5 Å². The quantitative estimate of drug-likeness (QED) is 0.497. The van der Waals surface area contributed by atoms with Gasteiger partial charge in [-0.1, -0.05) is 6.58 Å². The molecule has 0 spiro atoms. The topological polar surface area (TPSA) is 12.4 Å². The zero-order valence-electron chi connectivity index (χ0n) is 4.64. The molecule has 0 bridgehead atoms. The van der Waals surface area contributed by atoms with Gasteiger partial charge in [0.15, 0.2) is 0 Å². The molecule has 0 aliphatic carbocycles. The number of allylic oxidation sites excluding steroid dienone is 1. The molecule has 0 N–H and O–H groups in total. The van der Waals surface area contributed by atoms with Crippen LogP contribution in [0, 0.1) is 0 Å². The van der Waals surface area contributed by atoms with E-state index in [-0.39, 0.29) is 0 Å². The second-order valence-electron chi connectivity index (χ2n) is 1.06. The summed E-state index contributed by atoms with van der Waals surface area (Å²) < 4.78 is 0. The van der Waals surface area contributed by atoms with Crippen molar-refractivity contribution in [3.63, 3.8) is 0 Å². The average Bonchev–Trinajstić information content (AvgIpc) is 1.68. The zero-order valence-corrected chi connectivity index (χ0v) is 5.46. The average molecular weight is 115 g/mol. The molecule has 0 aliphatic rings. The van der Waals surface area contributed by atoms with Crippen LogP contribution in [0.4, 0.5) is 0 Å². The van der Waals surface area contributed by atoms with E-state index in [4.69, 9.17) is 0 Å². The summed E-state index contributed by atoms with van der Waals surface area (Å²) in [4.78, 5) is 4.76. The second kappa shape index (κ2) is 3.93. The first-order chi connectivity index (χ1) is 3.31. The molecule has 40 valence electrons. The summed E-state index contributed by atoms with van der Waals surface area (Å²) in [5.74, 6) is 0. The highest BCUT2D eigenvalue weighted by Gasteiger charge is 1.76. The highest BCUT2D eigenvalue weighted by molar-refractivity contribution is 8.03. The molecule has 0 rings (SSSR count). The molecular weight excluding hydrogens is 106 g/mol. The maximum absolute atomic E-state index is 3.76. The van der Waals surface area contributed by atoms with Crippen LogP contribution >= 0.6 is 11.8 Å². The third-order valence-electron chi connectivity index (χ3n) is 0.535. The van der Waals surface area contributed by atoms with Crippen molar-refractivity contribution in [3.05, 3.63) is 11.5 Å². The van der Waals surface area contributed by atoms with Crippen molar-refractivity contribution >= 4 is 18.0 Å². The van der Waals surface area contributed by atoms with Crippen molar-refractivity contribution in [1.82, 2.24) is 0 Å². The molecule has 0 fully saturated rings. The van der Waals surface area contributed by atoms with Gasteiger partial charge in [0.05, 0.1) is 0 Å². The minimum absolute atomic E-state index is 1.00. The van der Waals surface area contributed by atoms with Crippen molar-refractivity contribution in [2.24, 2.45) is 4.99 Å². The molecule has 0 saturated heterocycles. The van der Waals surface area contributed by atoms with E-state index < -0.39 is 0 Å². The molecule has 0 aromatic rings. The van der Waals surface area contributed by atoms with Gasteiger partial charge >= 0.3 is 0 Å². The Hall–Kier alpha value is -0.240. The van der Waals surface area contributed by atoms with Gasteiger partial charge in [-0.2, -0.15) is 0 Å². The Morgan fingerprint density at radius 1 is 1.86 bits per heavy atom. The van der Waals surface area contributed by atoms with E-state index in [1.54, 1.807) is 25.0 Å². The maximum atomic E-state index is 3.76. The summed E-state index contributed by atoms with van der Waals surface area (Å²) in [5.41, 5.74) is 0. The minimum Gasteiger partial charge on any atom is -0.295 e. The van der Waals surface area contributed by atoms with Crippen LogP contribution in [-0.4, -0.2) is 19.5 Å². The Balaban J connectivity index is 3.37. The number of hydrogen-bond donors (Lipinski definition) is 0. The Morgan fingerprint density at radius 3 is 2.57 bits per heavy atom. The first-order valence-corrected chi connectivity index (χ1v) is 3.18. The van der Waals surface area contributed by atoms with Crippen LogP contribution in [0.5, 0.6) is 0 Å². The first-order valence-electron chi connectivity index (χ1n) is 1.96. The van der Waals surface area contributed by atoms with Gasteiger partial charge in [-0.25, -0.2) is 0 Å². The van der Waals surface area contributed by atoms with Gasteiger partial charge in [0.1, 0.15) is 0 Å². The van der Waals surface area contributed by atoms with E-state index >= 15 is 0 Å². The lowest BCUT2D eigenvalue weighted by atomic mass is 10.7. The van der Waals surface area contributed by atoms with Crippen molar-refractivity contribution in [2.45, 2.75) is 0 Å². The Labute approximate surface area is 48.5 Å². The molecule has 0 saturated carbocycles. The minimum atomic E-state index is 1.00. The molecule has 2 heteroatoms. The third kappa shape index (κ3) is 3.59. The maximum Gasteiger partial charge on any atom is 0.0338 e. The second-order valence-corrected chi connectivity index (χ2v) is 1.99. The molecule has 0 atom stereocenters. The molecule has 0 heterocycles. The van der Waals surface area contributed by atoms with Gasteiger partial charge in [-0.05, 0) is 6.26 Å². The van der Waals surface area contributed by atoms with Crippen LogP contribution in [0.1, 0.15) is 0 Å². The van der Waals surface area contributed by atoms with Gasteiger partial charge in [-0.3, -0.25) is 4.99 Å². The number of aliphatic imine (C=N–C) groups is 1. The molecule has 0 aromatic carbocycles. The van der Waals surface area contributed by atoms with Gasteiger partial charge in [0, 0.05) is 18.2 Å². The zero-order chi connectivity index (χ0) is 5.70. The third-order valence-corrected chi connectivity index (χ3v) is 1.17. The molecule has 0 aliphatic heterocycles. The lowest BCUT2D eigenvalue weighted by molar-refractivity contribution is 1.47. The summed E-state index contributed by atoms with van der Waals surface area (Å²) in [6.45, 7) is 3.68. The van der Waals surface area contributed by atoms with Crippen LogP contribution < -0.4 is 0 Å². The van der Waals surface area contributed by atoms with E-state index in [2.05, 4.69) is 11.6 Å². The predicted octanol–water partition coefficient (Wildman–Crippen LogP) is 1.56. The van der Waals surface area contributed by atoms with E-state index in [1.807, 2.05) is 6.26 Å². The molecule has 7 heavy (non-hydrogen) atoms. The summed E-state index contributed by atoms with van der Waals surface area (Å²) in [7, 11) is 1.74. The Morgan fingerprint density at radius 2 is 2.43 bits per heavy atom. The van der Waals surface area contributed by atoms with Crippen LogP contribution in [-0.2, 0) is 0 Å². The van der Waals surface area contributed by atoms with Crippen molar-refractivity contribution in [1.29, 1.82) is 0 Å². The number of rotatable bonds is 2. The summed E-state index contributed by atoms with van der Waals surface area (Å²) >= 11 is 1.61. The van der Waals surface area contributed by atoms with E-state index in [0.29, 0.717) is 0 Å². The fourth-order valence-electron chi connectivity index (χ4n) is 0.197. The van der Waals surface area contributed by atoms with Gasteiger partial charge < -0.3 is 0 Å². The van der Waals surface area contributed by atoms with Crippen LogP contribution in [0.3, 0.4) is 0 Å². The van der Waals surface area contributed by atoms with E-state index in [9.17, 15) is 0 Å². The summed E-state index contributed by atoms with van der Waals surface area (Å²) in [6.07, 6.45) is 3.72. The van der Waals surface area contributed by atoms with Crippen molar-refractivity contribution in [3.8, 4) is 0 Å². The highest BCUT2D eigenvalue weighted by atomic mass is 32.2. The molecular formula is C5H9NS. The largest absolute Gasteiger partial charge is 0.295 e. The fourth-order valence-corrected chi connectivity index (χ4v) is 0.408. The van der Waals surface area contributed by atoms with Gasteiger partial charge in [0.25, 0.3) is 0 Å². The van der Waals surface area contributed by atoms with Crippen LogP contribution in [0.25, 0.3) is 0 Å². The molecule has 0 aromatic heterocycles. The van der Waals surface area contributed by atoms with Gasteiger partial charge in [-0.15, -0.1) is 11.8 Å². The smallest absolute Gasteiger partial charge is 0.0338 e. The molecule has 0 radical (unpaired) electrons. The van der Waals surface area contributed by atoms with Crippen LogP contribution in [0.2, 0.25) is 0 Å². The Bertz CT molecular complexity index is 86.1. The molecule has 0 unspecified atom stereocenters. The summed E-state index contributed by atoms with van der Waals surface area (Å²) in [6, 6.07) is 0. The first kappa shape index (κ1) is 6.76. The lowest BCUT2D eigenvalue weighted by Gasteiger charge is -1.84. The van der Waals surface area contributed by atoms with E-state index in [1.165, 1.54) is 0 Å². The van der Waals surface area contributed by atoms with E-state index in [0.717, 1.165) is 4.91 Å². The van der Waals surface area contributed by atoms with Crippen molar-refractivity contribution < 1.29 is 0 Å². The normalized spacial score (nSPS) is 10.0. The highest BCUT2D eigenvalue weighted by Crippen LogP contribution is 2.02. The standard InChI is InChI=1S/C5H9NS/c1-5(7-3)4-6-2/h4H,1H2,2-3H3. The molecule has 1 nitrogen and oxygen atoms in total. The number of nitrogens with zero attached hydrogens (tertiary/aromatic N) is 1. The SMILES string of the molecule is C=C(C=NC)SC. The monoisotopic (exact) mass is 115 g/mol.